The Balaban J connectivity index is 1.72. The lowest BCUT2D eigenvalue weighted by molar-refractivity contribution is -0.384. The molecule has 7 heteroatoms. The molecule has 2 aromatic rings. The van der Waals surface area contributed by atoms with Gasteiger partial charge >= 0.3 is 0 Å². The summed E-state index contributed by atoms with van der Waals surface area (Å²) < 4.78 is 13.7. The second kappa shape index (κ2) is 6.66. The van der Waals surface area contributed by atoms with E-state index in [1.54, 1.807) is 35.2 Å². The zero-order valence-corrected chi connectivity index (χ0v) is 12.9. The fraction of sp³-hybridized carbons (Fsp3) is 0.235. The molecule has 0 unspecified atom stereocenters. The molecule has 1 heterocycles. The molecular formula is C17H16FN3O3. The van der Waals surface area contributed by atoms with Crippen LogP contribution in [0.1, 0.15) is 10.4 Å². The lowest BCUT2D eigenvalue weighted by atomic mass is 10.1. The van der Waals surface area contributed by atoms with Crippen LogP contribution >= 0.6 is 0 Å². The van der Waals surface area contributed by atoms with Gasteiger partial charge in [0.05, 0.1) is 10.5 Å². The van der Waals surface area contributed by atoms with Crippen molar-refractivity contribution < 1.29 is 14.1 Å². The number of piperazine rings is 1. The number of benzene rings is 2. The van der Waals surface area contributed by atoms with Gasteiger partial charge in [-0.25, -0.2) is 4.39 Å². The Hall–Kier alpha value is -2.96. The minimum atomic E-state index is -0.538. The number of nitro benzene ring substituents is 1. The van der Waals surface area contributed by atoms with Gasteiger partial charge in [-0.05, 0) is 18.2 Å². The Bertz CT molecular complexity index is 773. The Kier molecular flexibility index (Phi) is 4.41. The third-order valence-corrected chi connectivity index (χ3v) is 4.09. The molecule has 124 valence electrons. The van der Waals surface area contributed by atoms with Gasteiger partial charge < -0.3 is 9.80 Å². The summed E-state index contributed by atoms with van der Waals surface area (Å²) in [5, 5.41) is 11.1. The van der Waals surface area contributed by atoms with E-state index in [4.69, 9.17) is 0 Å². The highest BCUT2D eigenvalue weighted by Crippen LogP contribution is 2.28. The normalized spacial score (nSPS) is 14.5. The summed E-state index contributed by atoms with van der Waals surface area (Å²) in [6, 6.07) is 12.4. The topological polar surface area (TPSA) is 66.7 Å². The lowest BCUT2D eigenvalue weighted by Gasteiger charge is -2.35. The predicted octanol–water partition coefficient (Wildman–Crippen LogP) is 2.70. The van der Waals surface area contributed by atoms with E-state index in [0.717, 1.165) is 0 Å². The molecule has 0 atom stereocenters. The maximum Gasteiger partial charge on any atom is 0.292 e. The SMILES string of the molecule is O=C(c1ccccc1F)N1CCN(c2ccccc2[N+](=O)[O-])CC1. The first-order valence-corrected chi connectivity index (χ1v) is 7.60. The van der Waals surface area contributed by atoms with E-state index in [9.17, 15) is 19.3 Å². The van der Waals surface area contributed by atoms with Crippen molar-refractivity contribution in [1.29, 1.82) is 0 Å². The maximum atomic E-state index is 13.7. The Morgan fingerprint density at radius 1 is 1.00 bits per heavy atom. The number of amides is 1. The summed E-state index contributed by atoms with van der Waals surface area (Å²) in [5.41, 5.74) is 0.642. The van der Waals surface area contributed by atoms with Crippen molar-refractivity contribution in [3.8, 4) is 0 Å². The monoisotopic (exact) mass is 329 g/mol. The molecule has 1 aliphatic rings. The van der Waals surface area contributed by atoms with Crippen molar-refractivity contribution in [2.24, 2.45) is 0 Å². The molecule has 1 fully saturated rings. The number of hydrogen-bond acceptors (Lipinski definition) is 4. The fourth-order valence-electron chi connectivity index (χ4n) is 2.84. The molecule has 1 amide bonds. The summed E-state index contributed by atoms with van der Waals surface area (Å²) in [6.45, 7) is 1.70. The Morgan fingerprint density at radius 2 is 1.62 bits per heavy atom. The second-order valence-corrected chi connectivity index (χ2v) is 5.50. The van der Waals surface area contributed by atoms with E-state index >= 15 is 0 Å². The van der Waals surface area contributed by atoms with Gasteiger partial charge in [-0.15, -0.1) is 0 Å². The van der Waals surface area contributed by atoms with Crippen LogP contribution in [0.3, 0.4) is 0 Å². The van der Waals surface area contributed by atoms with Gasteiger partial charge in [-0.1, -0.05) is 24.3 Å². The van der Waals surface area contributed by atoms with E-state index in [1.165, 1.54) is 18.2 Å². The van der Waals surface area contributed by atoms with Crippen molar-refractivity contribution in [1.82, 2.24) is 4.90 Å². The van der Waals surface area contributed by atoms with E-state index in [0.29, 0.717) is 31.9 Å². The summed E-state index contributed by atoms with van der Waals surface area (Å²) in [5.74, 6) is -0.890. The second-order valence-electron chi connectivity index (χ2n) is 5.50. The number of nitro groups is 1. The Morgan fingerprint density at radius 3 is 2.29 bits per heavy atom. The summed E-state index contributed by atoms with van der Waals surface area (Å²) in [4.78, 5) is 26.6. The molecule has 6 nitrogen and oxygen atoms in total. The number of anilines is 1. The quantitative estimate of drug-likeness (QED) is 0.641. The third kappa shape index (κ3) is 3.05. The average Bonchev–Trinajstić information content (AvgIpc) is 2.62. The van der Waals surface area contributed by atoms with Crippen LogP contribution in [-0.4, -0.2) is 41.9 Å². The number of carbonyl (C=O) groups excluding carboxylic acids is 1. The molecule has 0 aliphatic carbocycles. The molecule has 1 saturated heterocycles. The molecule has 0 spiro atoms. The summed E-state index contributed by atoms with van der Waals surface area (Å²) in [6.07, 6.45) is 0. The first-order chi connectivity index (χ1) is 11.6. The fourth-order valence-corrected chi connectivity index (χ4v) is 2.84. The van der Waals surface area contributed by atoms with Crippen molar-refractivity contribution in [3.63, 3.8) is 0 Å². The van der Waals surface area contributed by atoms with Crippen LogP contribution in [0.25, 0.3) is 0 Å². The van der Waals surface area contributed by atoms with Gasteiger partial charge in [0.2, 0.25) is 0 Å². The number of rotatable bonds is 3. The number of hydrogen-bond donors (Lipinski definition) is 0. The van der Waals surface area contributed by atoms with Gasteiger partial charge in [0.15, 0.2) is 0 Å². The van der Waals surface area contributed by atoms with Crippen LogP contribution < -0.4 is 4.90 Å². The minimum absolute atomic E-state index is 0.0476. The molecule has 2 aromatic carbocycles. The highest BCUT2D eigenvalue weighted by molar-refractivity contribution is 5.94. The molecule has 0 saturated carbocycles. The number of nitrogens with zero attached hydrogens (tertiary/aromatic N) is 3. The van der Waals surface area contributed by atoms with E-state index in [1.807, 2.05) is 4.90 Å². The van der Waals surface area contributed by atoms with Gasteiger partial charge in [0, 0.05) is 32.2 Å². The smallest absolute Gasteiger partial charge is 0.292 e. The standard InChI is InChI=1S/C17H16FN3O3/c18-14-6-2-1-5-13(14)17(22)20-11-9-19(10-12-20)15-7-3-4-8-16(15)21(23)24/h1-8H,9-12H2. The Labute approximate surface area is 138 Å². The average molecular weight is 329 g/mol. The van der Waals surface area contributed by atoms with Crippen LogP contribution in [0.2, 0.25) is 0 Å². The van der Waals surface area contributed by atoms with E-state index in [-0.39, 0.29) is 17.2 Å². The highest BCUT2D eigenvalue weighted by Gasteiger charge is 2.26. The van der Waals surface area contributed by atoms with Gasteiger partial charge in [-0.2, -0.15) is 0 Å². The molecule has 0 radical (unpaired) electrons. The van der Waals surface area contributed by atoms with Crippen molar-refractivity contribution >= 4 is 17.3 Å². The molecule has 0 bridgehead atoms. The zero-order valence-electron chi connectivity index (χ0n) is 12.9. The highest BCUT2D eigenvalue weighted by atomic mass is 19.1. The molecule has 24 heavy (non-hydrogen) atoms. The summed E-state index contributed by atoms with van der Waals surface area (Å²) in [7, 11) is 0. The van der Waals surface area contributed by atoms with Crippen LogP contribution in [0.5, 0.6) is 0 Å². The third-order valence-electron chi connectivity index (χ3n) is 4.09. The van der Waals surface area contributed by atoms with E-state index in [2.05, 4.69) is 0 Å². The van der Waals surface area contributed by atoms with Gasteiger partial charge in [0.25, 0.3) is 11.6 Å². The van der Waals surface area contributed by atoms with Gasteiger partial charge in [0.1, 0.15) is 11.5 Å². The van der Waals surface area contributed by atoms with Crippen molar-refractivity contribution in [3.05, 3.63) is 70.0 Å². The minimum Gasteiger partial charge on any atom is -0.362 e. The van der Waals surface area contributed by atoms with Crippen molar-refractivity contribution in [2.45, 2.75) is 0 Å². The van der Waals surface area contributed by atoms with E-state index < -0.39 is 10.7 Å². The van der Waals surface area contributed by atoms with Crippen molar-refractivity contribution in [2.75, 3.05) is 31.1 Å². The number of para-hydroxylation sites is 2. The first kappa shape index (κ1) is 15.9. The largest absolute Gasteiger partial charge is 0.362 e. The van der Waals surface area contributed by atoms with Crippen LogP contribution in [0.15, 0.2) is 48.5 Å². The van der Waals surface area contributed by atoms with Crippen LogP contribution in [-0.2, 0) is 0 Å². The number of halogens is 1. The van der Waals surface area contributed by atoms with Crippen LogP contribution in [0, 0.1) is 15.9 Å². The first-order valence-electron chi connectivity index (χ1n) is 7.60. The number of carbonyl (C=O) groups is 1. The maximum absolute atomic E-state index is 13.7. The molecule has 0 aromatic heterocycles. The molecule has 3 rings (SSSR count). The molecular weight excluding hydrogens is 313 g/mol. The lowest BCUT2D eigenvalue weighted by Crippen LogP contribution is -2.49. The van der Waals surface area contributed by atoms with Crippen LogP contribution in [0.4, 0.5) is 15.8 Å². The molecule has 1 aliphatic heterocycles. The summed E-state index contributed by atoms with van der Waals surface area (Å²) >= 11 is 0. The predicted molar refractivity (Wildman–Crippen MR) is 87.6 cm³/mol. The molecule has 0 N–H and O–H groups in total. The zero-order chi connectivity index (χ0) is 17.1. The van der Waals surface area contributed by atoms with Gasteiger partial charge in [-0.3, -0.25) is 14.9 Å².